The summed E-state index contributed by atoms with van der Waals surface area (Å²) in [6.07, 6.45) is 8.11. The summed E-state index contributed by atoms with van der Waals surface area (Å²) in [5, 5.41) is 0. The minimum Gasteiger partial charge on any atom is -0.338 e. The van der Waals surface area contributed by atoms with Crippen LogP contribution in [0.3, 0.4) is 0 Å². The number of rotatable bonds is 4. The summed E-state index contributed by atoms with van der Waals surface area (Å²) in [5.74, 6) is 1.73. The van der Waals surface area contributed by atoms with Gasteiger partial charge in [0, 0.05) is 31.9 Å². The fourth-order valence-corrected chi connectivity index (χ4v) is 3.06. The van der Waals surface area contributed by atoms with Gasteiger partial charge in [-0.05, 0) is 36.3 Å². The Kier molecular flexibility index (Phi) is 3.38. The Bertz CT molecular complexity index is 534. The minimum absolute atomic E-state index is 0.268. The Hall–Kier alpha value is -1.61. The van der Waals surface area contributed by atoms with Gasteiger partial charge in [-0.25, -0.2) is 4.98 Å². The molecule has 0 aliphatic heterocycles. The smallest absolute Gasteiger partial charge is 0.108 e. The molecule has 3 heteroatoms. The van der Waals surface area contributed by atoms with E-state index in [2.05, 4.69) is 33.8 Å². The van der Waals surface area contributed by atoms with Gasteiger partial charge < -0.3 is 10.3 Å². The van der Waals surface area contributed by atoms with Crippen LogP contribution in [0.25, 0.3) is 0 Å². The molecule has 0 radical (unpaired) electrons. The van der Waals surface area contributed by atoms with Gasteiger partial charge in [0.05, 0.1) is 0 Å². The molecule has 19 heavy (non-hydrogen) atoms. The number of nitrogens with zero attached hydrogens (tertiary/aromatic N) is 2. The van der Waals surface area contributed by atoms with Gasteiger partial charge in [-0.1, -0.05) is 24.3 Å². The second-order valence-electron chi connectivity index (χ2n) is 5.59. The highest BCUT2D eigenvalue weighted by Gasteiger charge is 2.26. The molecular weight excluding hydrogens is 234 g/mol. The Morgan fingerprint density at radius 2 is 2.00 bits per heavy atom. The monoisotopic (exact) mass is 255 g/mol. The Labute approximate surface area is 114 Å². The third kappa shape index (κ3) is 2.56. The lowest BCUT2D eigenvalue weighted by Gasteiger charge is -2.18. The molecule has 1 aromatic carbocycles. The lowest BCUT2D eigenvalue weighted by Crippen LogP contribution is -2.31. The summed E-state index contributed by atoms with van der Waals surface area (Å²) in [6.45, 7) is 0. The molecule has 3 rings (SSSR count). The molecule has 1 aliphatic rings. The van der Waals surface area contributed by atoms with Crippen molar-refractivity contribution in [3.63, 3.8) is 0 Å². The van der Waals surface area contributed by atoms with Crippen LogP contribution >= 0.6 is 0 Å². The van der Waals surface area contributed by atoms with Crippen LogP contribution in [0.2, 0.25) is 0 Å². The van der Waals surface area contributed by atoms with Gasteiger partial charge >= 0.3 is 0 Å². The standard InChI is InChI=1S/C16H21N3/c1-19-9-8-18-16(19)7-6-15(17)14-10-12-4-2-3-5-13(12)11-14/h2-5,8-9,14-15H,6-7,10-11,17H2,1H3. The number of fused-ring (bicyclic) bond motifs is 1. The molecule has 3 nitrogen and oxygen atoms in total. The van der Waals surface area contributed by atoms with Crippen LogP contribution in [0, 0.1) is 5.92 Å². The SMILES string of the molecule is Cn1ccnc1CCC(N)C1Cc2ccccc2C1. The average Bonchev–Trinajstić information content (AvgIpc) is 3.01. The predicted molar refractivity (Wildman–Crippen MR) is 76.8 cm³/mol. The summed E-state index contributed by atoms with van der Waals surface area (Å²) in [6, 6.07) is 8.99. The number of hydrogen-bond acceptors (Lipinski definition) is 2. The molecule has 1 aliphatic carbocycles. The Morgan fingerprint density at radius 1 is 1.32 bits per heavy atom. The van der Waals surface area contributed by atoms with Crippen molar-refractivity contribution in [2.45, 2.75) is 31.7 Å². The van der Waals surface area contributed by atoms with E-state index in [0.717, 1.165) is 31.5 Å². The first kappa shape index (κ1) is 12.4. The molecular formula is C16H21N3. The quantitative estimate of drug-likeness (QED) is 0.909. The van der Waals surface area contributed by atoms with Crippen LogP contribution in [-0.2, 0) is 26.3 Å². The number of aryl methyl sites for hydroxylation is 2. The minimum atomic E-state index is 0.268. The van der Waals surface area contributed by atoms with Crippen LogP contribution in [0.5, 0.6) is 0 Å². The van der Waals surface area contributed by atoms with Crippen molar-refractivity contribution >= 4 is 0 Å². The van der Waals surface area contributed by atoms with Crippen LogP contribution in [-0.4, -0.2) is 15.6 Å². The highest BCUT2D eigenvalue weighted by molar-refractivity contribution is 5.32. The second kappa shape index (κ2) is 5.17. The zero-order valence-corrected chi connectivity index (χ0v) is 11.4. The van der Waals surface area contributed by atoms with E-state index in [0.29, 0.717) is 5.92 Å². The molecule has 2 N–H and O–H groups in total. The van der Waals surface area contributed by atoms with Gasteiger partial charge in [-0.3, -0.25) is 0 Å². The normalized spacial score (nSPS) is 16.5. The van der Waals surface area contributed by atoms with Crippen LogP contribution in [0.4, 0.5) is 0 Å². The number of hydrogen-bond donors (Lipinski definition) is 1. The second-order valence-corrected chi connectivity index (χ2v) is 5.59. The summed E-state index contributed by atoms with van der Waals surface area (Å²) >= 11 is 0. The number of benzene rings is 1. The molecule has 1 unspecified atom stereocenters. The van der Waals surface area contributed by atoms with Crippen molar-refractivity contribution in [1.29, 1.82) is 0 Å². The maximum absolute atomic E-state index is 6.39. The summed E-state index contributed by atoms with van der Waals surface area (Å²) in [7, 11) is 2.04. The fourth-order valence-electron chi connectivity index (χ4n) is 3.06. The van der Waals surface area contributed by atoms with Crippen LogP contribution in [0.15, 0.2) is 36.7 Å². The van der Waals surface area contributed by atoms with Crippen LogP contribution < -0.4 is 5.73 Å². The van der Waals surface area contributed by atoms with E-state index >= 15 is 0 Å². The van der Waals surface area contributed by atoms with Gasteiger partial charge in [-0.15, -0.1) is 0 Å². The summed E-state index contributed by atoms with van der Waals surface area (Å²) < 4.78 is 2.08. The zero-order valence-electron chi connectivity index (χ0n) is 11.4. The highest BCUT2D eigenvalue weighted by atomic mass is 15.0. The first-order chi connectivity index (χ1) is 9.24. The fraction of sp³-hybridized carbons (Fsp3) is 0.438. The largest absolute Gasteiger partial charge is 0.338 e. The van der Waals surface area contributed by atoms with Gasteiger partial charge in [-0.2, -0.15) is 0 Å². The van der Waals surface area contributed by atoms with Crippen molar-refractivity contribution in [3.8, 4) is 0 Å². The van der Waals surface area contributed by atoms with Crippen molar-refractivity contribution in [3.05, 3.63) is 53.6 Å². The molecule has 2 aromatic rings. The molecule has 1 atom stereocenters. The molecule has 0 fully saturated rings. The van der Waals surface area contributed by atoms with Crippen molar-refractivity contribution < 1.29 is 0 Å². The van der Waals surface area contributed by atoms with Crippen molar-refractivity contribution in [1.82, 2.24) is 9.55 Å². The van der Waals surface area contributed by atoms with Gasteiger partial charge in [0.1, 0.15) is 5.82 Å². The van der Waals surface area contributed by atoms with Crippen molar-refractivity contribution in [2.24, 2.45) is 18.7 Å². The highest BCUT2D eigenvalue weighted by Crippen LogP contribution is 2.29. The van der Waals surface area contributed by atoms with Gasteiger partial charge in [0.2, 0.25) is 0 Å². The van der Waals surface area contributed by atoms with E-state index in [1.807, 2.05) is 19.4 Å². The van der Waals surface area contributed by atoms with E-state index in [-0.39, 0.29) is 6.04 Å². The first-order valence-electron chi connectivity index (χ1n) is 7.02. The molecule has 0 amide bonds. The number of imidazole rings is 1. The zero-order chi connectivity index (χ0) is 13.2. The molecule has 1 aromatic heterocycles. The molecule has 1 heterocycles. The van der Waals surface area contributed by atoms with Gasteiger partial charge in [0.15, 0.2) is 0 Å². The summed E-state index contributed by atoms with van der Waals surface area (Å²) in [5.41, 5.74) is 9.36. The lowest BCUT2D eigenvalue weighted by atomic mass is 9.93. The third-order valence-corrected chi connectivity index (χ3v) is 4.31. The molecule has 100 valence electrons. The van der Waals surface area contributed by atoms with E-state index in [9.17, 15) is 0 Å². The maximum Gasteiger partial charge on any atom is 0.108 e. The summed E-state index contributed by atoms with van der Waals surface area (Å²) in [4.78, 5) is 4.36. The van der Waals surface area contributed by atoms with E-state index in [4.69, 9.17) is 5.73 Å². The molecule has 0 bridgehead atoms. The molecule has 0 saturated carbocycles. The van der Waals surface area contributed by atoms with Crippen LogP contribution in [0.1, 0.15) is 23.4 Å². The molecule has 0 saturated heterocycles. The Morgan fingerprint density at radius 3 is 2.58 bits per heavy atom. The Balaban J connectivity index is 1.58. The predicted octanol–water partition coefficient (Wildman–Crippen LogP) is 2.09. The first-order valence-corrected chi connectivity index (χ1v) is 7.02. The molecule has 0 spiro atoms. The van der Waals surface area contributed by atoms with Crippen molar-refractivity contribution in [2.75, 3.05) is 0 Å². The topological polar surface area (TPSA) is 43.8 Å². The maximum atomic E-state index is 6.39. The van der Waals surface area contributed by atoms with Gasteiger partial charge in [0.25, 0.3) is 0 Å². The van der Waals surface area contributed by atoms with E-state index < -0.39 is 0 Å². The number of aromatic nitrogens is 2. The average molecular weight is 255 g/mol. The van der Waals surface area contributed by atoms with E-state index in [1.165, 1.54) is 11.1 Å². The number of nitrogens with two attached hydrogens (primary N) is 1. The lowest BCUT2D eigenvalue weighted by molar-refractivity contribution is 0.413. The van der Waals surface area contributed by atoms with E-state index in [1.54, 1.807) is 0 Å². The third-order valence-electron chi connectivity index (χ3n) is 4.31.